The Labute approximate surface area is 133 Å². The Balaban J connectivity index is 2.11. The SMILES string of the molecule is CC(C)(C)OC(=O)N1CC/C(=C/c2cc(F)c(C=O)c(F)c2)C1. The van der Waals surface area contributed by atoms with Crippen LogP contribution in [0.15, 0.2) is 17.7 Å². The fourth-order valence-electron chi connectivity index (χ4n) is 2.32. The molecule has 1 aliphatic heterocycles. The summed E-state index contributed by atoms with van der Waals surface area (Å²) in [5.74, 6) is -1.79. The van der Waals surface area contributed by atoms with Gasteiger partial charge in [-0.3, -0.25) is 4.79 Å². The number of halogens is 2. The molecule has 1 heterocycles. The number of amides is 1. The molecule has 1 aromatic carbocycles. The standard InChI is InChI=1S/C17H19F2NO3/c1-17(2,3)23-16(22)20-5-4-11(9-20)6-12-7-14(18)13(10-21)15(19)8-12/h6-8,10H,4-5,9H2,1-3H3/b11-6-. The molecule has 1 aromatic rings. The molecule has 0 aromatic heterocycles. The van der Waals surface area contributed by atoms with Gasteiger partial charge in [-0.2, -0.15) is 0 Å². The van der Waals surface area contributed by atoms with E-state index in [4.69, 9.17) is 4.74 Å². The van der Waals surface area contributed by atoms with Crippen LogP contribution in [0, 0.1) is 11.6 Å². The fraction of sp³-hybridized carbons (Fsp3) is 0.412. The second-order valence-corrected chi connectivity index (χ2v) is 6.47. The van der Waals surface area contributed by atoms with Crippen LogP contribution in [-0.2, 0) is 4.74 Å². The van der Waals surface area contributed by atoms with E-state index in [0.29, 0.717) is 25.1 Å². The van der Waals surface area contributed by atoms with Crippen LogP contribution in [-0.4, -0.2) is 36.0 Å². The Bertz CT molecular complexity index is 639. The lowest BCUT2D eigenvalue weighted by atomic mass is 10.1. The normalized spacial score (nSPS) is 16.7. The van der Waals surface area contributed by atoms with E-state index in [0.717, 1.165) is 17.7 Å². The van der Waals surface area contributed by atoms with Crippen LogP contribution >= 0.6 is 0 Å². The molecule has 2 rings (SSSR count). The summed E-state index contributed by atoms with van der Waals surface area (Å²) in [7, 11) is 0. The van der Waals surface area contributed by atoms with Gasteiger partial charge in [-0.1, -0.05) is 6.08 Å². The average Bonchev–Trinajstić information content (AvgIpc) is 2.85. The molecule has 0 atom stereocenters. The number of benzene rings is 1. The number of ether oxygens (including phenoxy) is 1. The molecule has 0 aliphatic carbocycles. The highest BCUT2D eigenvalue weighted by Gasteiger charge is 2.26. The summed E-state index contributed by atoms with van der Waals surface area (Å²) in [6.45, 7) is 6.22. The Kier molecular flexibility index (Phi) is 4.82. The van der Waals surface area contributed by atoms with Gasteiger partial charge in [0.1, 0.15) is 17.2 Å². The molecule has 124 valence electrons. The van der Waals surface area contributed by atoms with Crippen molar-refractivity contribution in [3.05, 3.63) is 40.5 Å². The van der Waals surface area contributed by atoms with Gasteiger partial charge in [0, 0.05) is 13.1 Å². The van der Waals surface area contributed by atoms with E-state index in [1.165, 1.54) is 0 Å². The minimum Gasteiger partial charge on any atom is -0.444 e. The Morgan fingerprint density at radius 3 is 2.39 bits per heavy atom. The van der Waals surface area contributed by atoms with Gasteiger partial charge < -0.3 is 9.64 Å². The van der Waals surface area contributed by atoms with Crippen molar-refractivity contribution in [3.8, 4) is 0 Å². The zero-order chi connectivity index (χ0) is 17.2. The number of likely N-dealkylation sites (tertiary alicyclic amines) is 1. The maximum atomic E-state index is 13.6. The molecule has 1 fully saturated rings. The lowest BCUT2D eigenvalue weighted by Gasteiger charge is -2.23. The molecule has 1 aliphatic rings. The molecule has 0 saturated carbocycles. The number of aldehydes is 1. The van der Waals surface area contributed by atoms with Crippen molar-refractivity contribution in [1.29, 1.82) is 0 Å². The maximum absolute atomic E-state index is 13.6. The molecule has 4 nitrogen and oxygen atoms in total. The maximum Gasteiger partial charge on any atom is 0.410 e. The van der Waals surface area contributed by atoms with Crippen LogP contribution in [0.25, 0.3) is 6.08 Å². The van der Waals surface area contributed by atoms with Crippen molar-refractivity contribution in [3.63, 3.8) is 0 Å². The summed E-state index contributed by atoms with van der Waals surface area (Å²) in [5, 5.41) is 0. The third kappa shape index (κ3) is 4.37. The van der Waals surface area contributed by atoms with E-state index in [9.17, 15) is 18.4 Å². The molecule has 1 saturated heterocycles. The van der Waals surface area contributed by atoms with Gasteiger partial charge in [0.05, 0.1) is 5.56 Å². The summed E-state index contributed by atoms with van der Waals surface area (Å²) in [5.41, 5.74) is 0.0506. The van der Waals surface area contributed by atoms with Gasteiger partial charge in [-0.05, 0) is 50.5 Å². The van der Waals surface area contributed by atoms with Crippen molar-refractivity contribution < 1.29 is 23.1 Å². The number of hydrogen-bond acceptors (Lipinski definition) is 3. The Morgan fingerprint density at radius 2 is 1.87 bits per heavy atom. The van der Waals surface area contributed by atoms with Crippen LogP contribution in [0.1, 0.15) is 43.1 Å². The zero-order valence-electron chi connectivity index (χ0n) is 13.4. The van der Waals surface area contributed by atoms with Gasteiger partial charge in [0.25, 0.3) is 0 Å². The largest absolute Gasteiger partial charge is 0.444 e. The molecule has 0 N–H and O–H groups in total. The number of hydrogen-bond donors (Lipinski definition) is 0. The highest BCUT2D eigenvalue weighted by molar-refractivity contribution is 5.76. The Morgan fingerprint density at radius 1 is 1.26 bits per heavy atom. The average molecular weight is 323 g/mol. The van der Waals surface area contributed by atoms with E-state index in [2.05, 4.69) is 0 Å². The van der Waals surface area contributed by atoms with E-state index >= 15 is 0 Å². The van der Waals surface area contributed by atoms with Gasteiger partial charge in [0.2, 0.25) is 0 Å². The number of carbonyl (C=O) groups excluding carboxylic acids is 2. The first-order valence-corrected chi connectivity index (χ1v) is 7.31. The van der Waals surface area contributed by atoms with Crippen molar-refractivity contribution in [2.45, 2.75) is 32.8 Å². The number of rotatable bonds is 2. The first kappa shape index (κ1) is 17.1. The minimum absolute atomic E-state index is 0.154. The van der Waals surface area contributed by atoms with E-state index in [-0.39, 0.29) is 6.29 Å². The van der Waals surface area contributed by atoms with Crippen molar-refractivity contribution in [2.75, 3.05) is 13.1 Å². The smallest absolute Gasteiger partial charge is 0.410 e. The first-order valence-electron chi connectivity index (χ1n) is 7.31. The molecule has 0 unspecified atom stereocenters. The van der Waals surface area contributed by atoms with Gasteiger partial charge >= 0.3 is 6.09 Å². The van der Waals surface area contributed by atoms with Gasteiger partial charge in [0.15, 0.2) is 6.29 Å². The molecule has 1 amide bonds. The monoisotopic (exact) mass is 323 g/mol. The third-order valence-electron chi connectivity index (χ3n) is 3.34. The van der Waals surface area contributed by atoms with Crippen LogP contribution in [0.2, 0.25) is 0 Å². The molecule has 0 bridgehead atoms. The van der Waals surface area contributed by atoms with Crippen LogP contribution in [0.3, 0.4) is 0 Å². The molecular weight excluding hydrogens is 304 g/mol. The van der Waals surface area contributed by atoms with Crippen LogP contribution in [0.4, 0.5) is 13.6 Å². The van der Waals surface area contributed by atoms with E-state index in [1.807, 2.05) is 0 Å². The van der Waals surface area contributed by atoms with Crippen molar-refractivity contribution in [1.82, 2.24) is 4.90 Å². The molecule has 0 radical (unpaired) electrons. The predicted molar refractivity (Wildman–Crippen MR) is 82.1 cm³/mol. The molecule has 23 heavy (non-hydrogen) atoms. The minimum atomic E-state index is -0.895. The second-order valence-electron chi connectivity index (χ2n) is 6.47. The Hall–Kier alpha value is -2.24. The summed E-state index contributed by atoms with van der Waals surface area (Å²) in [4.78, 5) is 24.1. The van der Waals surface area contributed by atoms with Crippen molar-refractivity contribution >= 4 is 18.5 Å². The predicted octanol–water partition coefficient (Wildman–Crippen LogP) is 3.80. The molecular formula is C17H19F2NO3. The zero-order valence-corrected chi connectivity index (χ0v) is 13.4. The van der Waals surface area contributed by atoms with E-state index in [1.54, 1.807) is 31.7 Å². The lowest BCUT2D eigenvalue weighted by Crippen LogP contribution is -2.34. The summed E-state index contributed by atoms with van der Waals surface area (Å²) >= 11 is 0. The number of carbonyl (C=O) groups is 2. The van der Waals surface area contributed by atoms with E-state index < -0.39 is 28.9 Å². The van der Waals surface area contributed by atoms with Crippen LogP contribution in [0.5, 0.6) is 0 Å². The molecule has 0 spiro atoms. The fourth-order valence-corrected chi connectivity index (χ4v) is 2.32. The highest BCUT2D eigenvalue weighted by Crippen LogP contribution is 2.22. The quantitative estimate of drug-likeness (QED) is 0.778. The summed E-state index contributed by atoms with van der Waals surface area (Å²) < 4.78 is 32.5. The highest BCUT2D eigenvalue weighted by atomic mass is 19.1. The summed E-state index contributed by atoms with van der Waals surface area (Å²) in [6.07, 6.45) is 1.99. The van der Waals surface area contributed by atoms with Gasteiger partial charge in [-0.15, -0.1) is 0 Å². The topological polar surface area (TPSA) is 46.6 Å². The van der Waals surface area contributed by atoms with Gasteiger partial charge in [-0.25, -0.2) is 13.6 Å². The second kappa shape index (κ2) is 6.48. The molecule has 6 heteroatoms. The van der Waals surface area contributed by atoms with Crippen LogP contribution < -0.4 is 0 Å². The lowest BCUT2D eigenvalue weighted by molar-refractivity contribution is 0.0299. The van der Waals surface area contributed by atoms with Crippen molar-refractivity contribution in [2.24, 2.45) is 0 Å². The third-order valence-corrected chi connectivity index (χ3v) is 3.34. The first-order chi connectivity index (χ1) is 10.7. The number of nitrogens with zero attached hydrogens (tertiary/aromatic N) is 1. The summed E-state index contributed by atoms with van der Waals surface area (Å²) in [6, 6.07) is 2.21.